The smallest absolute Gasteiger partial charge is 0.0470 e. The molecule has 0 amide bonds. The molecule has 1 aromatic heterocycles. The quantitative estimate of drug-likeness (QED) is 0.849. The lowest BCUT2D eigenvalue weighted by Gasteiger charge is -2.30. The number of nitrogens with one attached hydrogen (secondary N) is 1. The van der Waals surface area contributed by atoms with E-state index in [-0.39, 0.29) is 0 Å². The van der Waals surface area contributed by atoms with Crippen molar-refractivity contribution in [3.8, 4) is 0 Å². The third kappa shape index (κ3) is 1.91. The molecular formula is C14H17BrN2. The van der Waals surface area contributed by atoms with Crippen molar-refractivity contribution < 1.29 is 0 Å². The molecule has 0 fully saturated rings. The van der Waals surface area contributed by atoms with Crippen molar-refractivity contribution in [2.75, 3.05) is 6.54 Å². The zero-order chi connectivity index (χ0) is 12.0. The fraction of sp³-hybridized carbons (Fsp3) is 0.429. The van der Waals surface area contributed by atoms with Gasteiger partial charge in [0.05, 0.1) is 0 Å². The lowest BCUT2D eigenvalue weighted by Crippen LogP contribution is -2.35. The lowest BCUT2D eigenvalue weighted by molar-refractivity contribution is 0.201. The van der Waals surface area contributed by atoms with Crippen LogP contribution < -0.4 is 0 Å². The van der Waals surface area contributed by atoms with Crippen LogP contribution in [0.1, 0.15) is 25.1 Å². The molecule has 1 aromatic carbocycles. The van der Waals surface area contributed by atoms with Gasteiger partial charge in [0.2, 0.25) is 0 Å². The molecule has 0 aliphatic carbocycles. The standard InChI is InChI=1S/C14H17BrN2/c1-9(2)17-6-5-12-11-4-3-10(15)7-13(11)16-14(12)8-17/h3-4,7,9,16H,5-6,8H2,1-2H3. The molecule has 0 radical (unpaired) electrons. The average molecular weight is 293 g/mol. The lowest BCUT2D eigenvalue weighted by atomic mass is 10.0. The Morgan fingerprint density at radius 2 is 2.18 bits per heavy atom. The van der Waals surface area contributed by atoms with E-state index in [2.05, 4.69) is 57.9 Å². The van der Waals surface area contributed by atoms with E-state index in [1.54, 1.807) is 0 Å². The molecule has 1 N–H and O–H groups in total. The summed E-state index contributed by atoms with van der Waals surface area (Å²) in [4.78, 5) is 6.09. The van der Waals surface area contributed by atoms with Gasteiger partial charge in [-0.25, -0.2) is 0 Å². The van der Waals surface area contributed by atoms with Crippen LogP contribution in [0.4, 0.5) is 0 Å². The molecule has 0 atom stereocenters. The zero-order valence-electron chi connectivity index (χ0n) is 10.3. The second kappa shape index (κ2) is 4.14. The Balaban J connectivity index is 2.07. The van der Waals surface area contributed by atoms with Gasteiger partial charge in [-0.05, 0) is 38.0 Å². The molecule has 90 valence electrons. The molecule has 0 unspecified atom stereocenters. The van der Waals surface area contributed by atoms with Gasteiger partial charge in [0.15, 0.2) is 0 Å². The summed E-state index contributed by atoms with van der Waals surface area (Å²) in [7, 11) is 0. The Morgan fingerprint density at radius 1 is 1.35 bits per heavy atom. The fourth-order valence-electron chi connectivity index (χ4n) is 2.68. The number of fused-ring (bicyclic) bond motifs is 3. The van der Waals surface area contributed by atoms with Crippen molar-refractivity contribution in [1.29, 1.82) is 0 Å². The summed E-state index contributed by atoms with van der Waals surface area (Å²) in [5, 5.41) is 1.40. The van der Waals surface area contributed by atoms with E-state index >= 15 is 0 Å². The summed E-state index contributed by atoms with van der Waals surface area (Å²) >= 11 is 3.53. The highest BCUT2D eigenvalue weighted by molar-refractivity contribution is 9.10. The van der Waals surface area contributed by atoms with Crippen LogP contribution in [0.15, 0.2) is 22.7 Å². The van der Waals surface area contributed by atoms with Crippen LogP contribution in [-0.4, -0.2) is 22.5 Å². The van der Waals surface area contributed by atoms with Crippen molar-refractivity contribution in [3.63, 3.8) is 0 Å². The molecule has 0 saturated heterocycles. The van der Waals surface area contributed by atoms with Gasteiger partial charge >= 0.3 is 0 Å². The molecule has 1 aliphatic rings. The summed E-state index contributed by atoms with van der Waals surface area (Å²) in [6.07, 6.45) is 1.16. The first-order valence-electron chi connectivity index (χ1n) is 6.18. The van der Waals surface area contributed by atoms with Gasteiger partial charge < -0.3 is 4.98 Å². The van der Waals surface area contributed by atoms with Crippen molar-refractivity contribution in [2.45, 2.75) is 32.9 Å². The molecule has 2 heterocycles. The van der Waals surface area contributed by atoms with E-state index in [0.717, 1.165) is 17.4 Å². The first-order chi connectivity index (χ1) is 8.15. The van der Waals surface area contributed by atoms with Crippen LogP contribution in [0.3, 0.4) is 0 Å². The maximum Gasteiger partial charge on any atom is 0.0470 e. The van der Waals surface area contributed by atoms with E-state index < -0.39 is 0 Å². The molecule has 0 saturated carbocycles. The second-order valence-electron chi connectivity index (χ2n) is 5.09. The first-order valence-corrected chi connectivity index (χ1v) is 6.97. The van der Waals surface area contributed by atoms with Gasteiger partial charge in [-0.3, -0.25) is 4.90 Å². The van der Waals surface area contributed by atoms with Gasteiger partial charge in [0.25, 0.3) is 0 Å². The predicted molar refractivity (Wildman–Crippen MR) is 75.2 cm³/mol. The molecule has 0 bridgehead atoms. The Kier molecular flexibility index (Phi) is 2.75. The largest absolute Gasteiger partial charge is 0.357 e. The predicted octanol–water partition coefficient (Wildman–Crippen LogP) is 3.70. The highest BCUT2D eigenvalue weighted by atomic mass is 79.9. The Morgan fingerprint density at radius 3 is 2.94 bits per heavy atom. The number of hydrogen-bond acceptors (Lipinski definition) is 1. The van der Waals surface area contributed by atoms with E-state index in [4.69, 9.17) is 0 Å². The average Bonchev–Trinajstić information content (AvgIpc) is 2.64. The molecule has 3 heteroatoms. The molecule has 3 rings (SSSR count). The van der Waals surface area contributed by atoms with Gasteiger partial charge in [-0.15, -0.1) is 0 Å². The third-order valence-electron chi connectivity index (χ3n) is 3.70. The van der Waals surface area contributed by atoms with Crippen LogP contribution >= 0.6 is 15.9 Å². The van der Waals surface area contributed by atoms with E-state index in [1.807, 2.05) is 0 Å². The minimum Gasteiger partial charge on any atom is -0.357 e. The number of H-pyrrole nitrogens is 1. The Bertz CT molecular complexity index is 557. The number of benzene rings is 1. The molecule has 1 aliphatic heterocycles. The van der Waals surface area contributed by atoms with Crippen LogP contribution in [0.2, 0.25) is 0 Å². The molecular weight excluding hydrogens is 276 g/mol. The fourth-order valence-corrected chi connectivity index (χ4v) is 3.04. The van der Waals surface area contributed by atoms with Gasteiger partial charge in [0.1, 0.15) is 0 Å². The van der Waals surface area contributed by atoms with Crippen LogP contribution in [0.25, 0.3) is 10.9 Å². The SMILES string of the molecule is CC(C)N1CCc2c([nH]c3cc(Br)ccc23)C1. The Hall–Kier alpha value is -0.800. The normalized spacial score (nSPS) is 16.7. The monoisotopic (exact) mass is 292 g/mol. The minimum absolute atomic E-state index is 0.626. The summed E-state index contributed by atoms with van der Waals surface area (Å²) in [5.41, 5.74) is 4.18. The molecule has 2 nitrogen and oxygen atoms in total. The number of aromatic nitrogens is 1. The number of hydrogen-bond donors (Lipinski definition) is 1. The summed E-state index contributed by atoms with van der Waals surface area (Å²) < 4.78 is 1.14. The molecule has 17 heavy (non-hydrogen) atoms. The summed E-state index contributed by atoms with van der Waals surface area (Å²) in [6.45, 7) is 6.77. The van der Waals surface area contributed by atoms with Crippen molar-refractivity contribution >= 4 is 26.8 Å². The zero-order valence-corrected chi connectivity index (χ0v) is 11.8. The molecule has 0 spiro atoms. The van der Waals surface area contributed by atoms with Gasteiger partial charge in [-0.1, -0.05) is 22.0 Å². The van der Waals surface area contributed by atoms with Crippen LogP contribution in [0.5, 0.6) is 0 Å². The maximum absolute atomic E-state index is 3.57. The Labute approximate surface area is 110 Å². The van der Waals surface area contributed by atoms with Gasteiger partial charge in [-0.2, -0.15) is 0 Å². The highest BCUT2D eigenvalue weighted by Gasteiger charge is 2.21. The molecule has 2 aromatic rings. The van der Waals surface area contributed by atoms with Gasteiger partial charge in [0, 0.05) is 40.2 Å². The second-order valence-corrected chi connectivity index (χ2v) is 6.00. The van der Waals surface area contributed by atoms with E-state index in [9.17, 15) is 0 Å². The minimum atomic E-state index is 0.626. The highest BCUT2D eigenvalue weighted by Crippen LogP contribution is 2.29. The van der Waals surface area contributed by atoms with Crippen molar-refractivity contribution in [3.05, 3.63) is 33.9 Å². The third-order valence-corrected chi connectivity index (χ3v) is 4.19. The number of nitrogens with zero attached hydrogens (tertiary/aromatic N) is 1. The maximum atomic E-state index is 3.57. The summed E-state index contributed by atoms with van der Waals surface area (Å²) in [5.74, 6) is 0. The van der Waals surface area contributed by atoms with Crippen LogP contribution in [-0.2, 0) is 13.0 Å². The van der Waals surface area contributed by atoms with E-state index in [0.29, 0.717) is 6.04 Å². The number of aromatic amines is 1. The summed E-state index contributed by atoms with van der Waals surface area (Å²) in [6, 6.07) is 7.15. The van der Waals surface area contributed by atoms with Crippen molar-refractivity contribution in [2.24, 2.45) is 0 Å². The van der Waals surface area contributed by atoms with Crippen molar-refractivity contribution in [1.82, 2.24) is 9.88 Å². The first kappa shape index (κ1) is 11.3. The van der Waals surface area contributed by atoms with Crippen LogP contribution in [0, 0.1) is 0 Å². The number of halogens is 1. The van der Waals surface area contributed by atoms with E-state index in [1.165, 1.54) is 28.7 Å². The number of rotatable bonds is 1. The topological polar surface area (TPSA) is 19.0 Å².